The summed E-state index contributed by atoms with van der Waals surface area (Å²) in [6.45, 7) is 1.13. The van der Waals surface area contributed by atoms with Crippen LogP contribution in [0.5, 0.6) is 17.5 Å². The molecule has 0 bridgehead atoms. The van der Waals surface area contributed by atoms with E-state index in [4.69, 9.17) is 14.2 Å². The molecular formula is C8H9NO3. The van der Waals surface area contributed by atoms with Gasteiger partial charge in [-0.3, -0.25) is 0 Å². The van der Waals surface area contributed by atoms with Crippen molar-refractivity contribution in [2.75, 3.05) is 20.3 Å². The Kier molecular flexibility index (Phi) is 1.74. The lowest BCUT2D eigenvalue weighted by atomic mass is 10.4. The molecule has 0 saturated carbocycles. The number of pyridine rings is 1. The fourth-order valence-corrected chi connectivity index (χ4v) is 1.03. The molecule has 1 aliphatic heterocycles. The average Bonchev–Trinajstić information content (AvgIpc) is 2.17. The van der Waals surface area contributed by atoms with Gasteiger partial charge >= 0.3 is 0 Å². The summed E-state index contributed by atoms with van der Waals surface area (Å²) < 4.78 is 15.5. The first-order valence-corrected chi connectivity index (χ1v) is 3.71. The number of ether oxygens (including phenoxy) is 3. The smallest absolute Gasteiger partial charge is 0.260 e. The summed E-state index contributed by atoms with van der Waals surface area (Å²) in [5.41, 5.74) is 0. The van der Waals surface area contributed by atoms with Crippen molar-refractivity contribution in [3.63, 3.8) is 0 Å². The topological polar surface area (TPSA) is 40.6 Å². The van der Waals surface area contributed by atoms with Crippen LogP contribution < -0.4 is 14.2 Å². The van der Waals surface area contributed by atoms with Crippen molar-refractivity contribution in [1.82, 2.24) is 4.98 Å². The Bertz CT molecular complexity index is 288. The van der Waals surface area contributed by atoms with Gasteiger partial charge in [-0.25, -0.2) is 0 Å². The van der Waals surface area contributed by atoms with E-state index in [1.54, 1.807) is 19.2 Å². The molecule has 0 unspecified atom stereocenters. The molecule has 1 aliphatic rings. The maximum Gasteiger partial charge on any atom is 0.260 e. The van der Waals surface area contributed by atoms with Gasteiger partial charge in [0.25, 0.3) is 5.88 Å². The molecule has 64 valence electrons. The normalized spacial score (nSPS) is 14.1. The summed E-state index contributed by atoms with van der Waals surface area (Å²) in [7, 11) is 1.57. The first-order valence-electron chi connectivity index (χ1n) is 3.71. The molecule has 0 aromatic carbocycles. The zero-order chi connectivity index (χ0) is 8.39. The number of nitrogens with zero attached hydrogens (tertiary/aromatic N) is 1. The first-order chi connectivity index (χ1) is 5.90. The third-order valence-electron chi connectivity index (χ3n) is 1.59. The Morgan fingerprint density at radius 1 is 1.33 bits per heavy atom. The third kappa shape index (κ3) is 1.15. The predicted molar refractivity (Wildman–Crippen MR) is 41.8 cm³/mol. The first kappa shape index (κ1) is 7.21. The fourth-order valence-electron chi connectivity index (χ4n) is 1.03. The summed E-state index contributed by atoms with van der Waals surface area (Å²) in [4.78, 5) is 4.06. The van der Waals surface area contributed by atoms with Crippen LogP contribution >= 0.6 is 0 Å². The van der Waals surface area contributed by atoms with E-state index in [0.29, 0.717) is 30.7 Å². The Balaban J connectivity index is 2.36. The van der Waals surface area contributed by atoms with Gasteiger partial charge in [0.2, 0.25) is 5.88 Å². The zero-order valence-electron chi connectivity index (χ0n) is 6.74. The molecule has 0 saturated heterocycles. The van der Waals surface area contributed by atoms with E-state index in [-0.39, 0.29) is 0 Å². The quantitative estimate of drug-likeness (QED) is 0.622. The van der Waals surface area contributed by atoms with Crippen molar-refractivity contribution in [3.05, 3.63) is 12.1 Å². The summed E-state index contributed by atoms with van der Waals surface area (Å²) in [6.07, 6.45) is 0. The lowest BCUT2D eigenvalue weighted by Gasteiger charge is -2.16. The molecule has 1 aromatic rings. The number of hydrogen-bond donors (Lipinski definition) is 0. The highest BCUT2D eigenvalue weighted by atomic mass is 16.6. The molecule has 1 aromatic heterocycles. The van der Waals surface area contributed by atoms with Crippen LogP contribution in [0.15, 0.2) is 12.1 Å². The lowest BCUT2D eigenvalue weighted by molar-refractivity contribution is 0.162. The van der Waals surface area contributed by atoms with Crippen molar-refractivity contribution >= 4 is 0 Å². The molecule has 0 atom stereocenters. The van der Waals surface area contributed by atoms with Crippen LogP contribution in [-0.4, -0.2) is 25.3 Å². The second kappa shape index (κ2) is 2.89. The van der Waals surface area contributed by atoms with Crippen LogP contribution in [-0.2, 0) is 0 Å². The van der Waals surface area contributed by atoms with Crippen LogP contribution in [0.1, 0.15) is 0 Å². The van der Waals surface area contributed by atoms with Gasteiger partial charge in [0.15, 0.2) is 5.75 Å². The van der Waals surface area contributed by atoms with Crippen LogP contribution in [0.3, 0.4) is 0 Å². The van der Waals surface area contributed by atoms with E-state index < -0.39 is 0 Å². The molecule has 0 N–H and O–H groups in total. The minimum absolute atomic E-state index is 0.514. The maximum atomic E-state index is 5.28. The fraction of sp³-hybridized carbons (Fsp3) is 0.375. The molecular weight excluding hydrogens is 158 g/mol. The van der Waals surface area contributed by atoms with Crippen molar-refractivity contribution in [2.24, 2.45) is 0 Å². The second-order valence-electron chi connectivity index (χ2n) is 2.35. The Labute approximate surface area is 70.1 Å². The van der Waals surface area contributed by atoms with Gasteiger partial charge < -0.3 is 14.2 Å². The summed E-state index contributed by atoms with van der Waals surface area (Å²) in [5.74, 6) is 1.74. The molecule has 4 heteroatoms. The van der Waals surface area contributed by atoms with Crippen molar-refractivity contribution in [3.8, 4) is 17.5 Å². The standard InChI is InChI=1S/C8H9NO3/c1-10-7-3-2-6-8(9-7)12-5-4-11-6/h2-3H,4-5H2,1H3. The molecule has 0 amide bonds. The highest BCUT2D eigenvalue weighted by Crippen LogP contribution is 2.29. The second-order valence-corrected chi connectivity index (χ2v) is 2.35. The van der Waals surface area contributed by atoms with Gasteiger partial charge in [-0.2, -0.15) is 4.98 Å². The van der Waals surface area contributed by atoms with E-state index >= 15 is 0 Å². The van der Waals surface area contributed by atoms with Crippen molar-refractivity contribution in [2.45, 2.75) is 0 Å². The monoisotopic (exact) mass is 167 g/mol. The molecule has 0 radical (unpaired) electrons. The highest BCUT2D eigenvalue weighted by molar-refractivity contribution is 5.37. The van der Waals surface area contributed by atoms with Gasteiger partial charge in [-0.05, 0) is 6.07 Å². The molecule has 0 fully saturated rings. The van der Waals surface area contributed by atoms with Gasteiger partial charge in [0, 0.05) is 6.07 Å². The van der Waals surface area contributed by atoms with Crippen LogP contribution in [0.25, 0.3) is 0 Å². The number of fused-ring (bicyclic) bond motifs is 1. The largest absolute Gasteiger partial charge is 0.484 e. The van der Waals surface area contributed by atoms with Gasteiger partial charge in [0.05, 0.1) is 7.11 Å². The highest BCUT2D eigenvalue weighted by Gasteiger charge is 2.13. The third-order valence-corrected chi connectivity index (χ3v) is 1.59. The summed E-state index contributed by atoms with van der Waals surface area (Å²) >= 11 is 0. The Morgan fingerprint density at radius 2 is 2.17 bits per heavy atom. The molecule has 0 spiro atoms. The van der Waals surface area contributed by atoms with E-state index in [2.05, 4.69) is 4.98 Å². The Morgan fingerprint density at radius 3 is 3.00 bits per heavy atom. The molecule has 2 rings (SSSR count). The average molecular weight is 167 g/mol. The van der Waals surface area contributed by atoms with E-state index in [1.807, 2.05) is 0 Å². The van der Waals surface area contributed by atoms with Crippen LogP contribution in [0, 0.1) is 0 Å². The Hall–Kier alpha value is -1.45. The van der Waals surface area contributed by atoms with E-state index in [1.165, 1.54) is 0 Å². The molecule has 0 aliphatic carbocycles. The van der Waals surface area contributed by atoms with Crippen LogP contribution in [0.4, 0.5) is 0 Å². The van der Waals surface area contributed by atoms with Crippen molar-refractivity contribution in [1.29, 1.82) is 0 Å². The van der Waals surface area contributed by atoms with Gasteiger partial charge in [-0.1, -0.05) is 0 Å². The predicted octanol–water partition coefficient (Wildman–Crippen LogP) is 0.861. The maximum absolute atomic E-state index is 5.28. The van der Waals surface area contributed by atoms with Crippen LogP contribution in [0.2, 0.25) is 0 Å². The zero-order valence-corrected chi connectivity index (χ0v) is 6.74. The summed E-state index contributed by atoms with van der Waals surface area (Å²) in [5, 5.41) is 0. The minimum Gasteiger partial charge on any atom is -0.484 e. The number of rotatable bonds is 1. The van der Waals surface area contributed by atoms with E-state index in [0.717, 1.165) is 0 Å². The number of methoxy groups -OCH3 is 1. The molecule has 4 nitrogen and oxygen atoms in total. The minimum atomic E-state index is 0.514. The number of hydrogen-bond acceptors (Lipinski definition) is 4. The lowest BCUT2D eigenvalue weighted by Crippen LogP contribution is -2.16. The van der Waals surface area contributed by atoms with Gasteiger partial charge in [-0.15, -0.1) is 0 Å². The molecule has 2 heterocycles. The molecule has 12 heavy (non-hydrogen) atoms. The summed E-state index contributed by atoms with van der Waals surface area (Å²) in [6, 6.07) is 3.54. The SMILES string of the molecule is COc1ccc2c(n1)OCCO2. The van der Waals surface area contributed by atoms with Crippen molar-refractivity contribution < 1.29 is 14.2 Å². The van der Waals surface area contributed by atoms with Gasteiger partial charge in [0.1, 0.15) is 13.2 Å². The number of aromatic nitrogens is 1. The van der Waals surface area contributed by atoms with E-state index in [9.17, 15) is 0 Å².